The van der Waals surface area contributed by atoms with Crippen LogP contribution in [0.5, 0.6) is 5.75 Å². The molecule has 0 unspecified atom stereocenters. The molecule has 98 valence electrons. The van der Waals surface area contributed by atoms with Gasteiger partial charge in [-0.1, -0.05) is 26.0 Å². The fourth-order valence-electron chi connectivity index (χ4n) is 1.65. The van der Waals surface area contributed by atoms with E-state index in [2.05, 4.69) is 0 Å². The number of aliphatic hydroxyl groups is 2. The van der Waals surface area contributed by atoms with Gasteiger partial charge in [-0.3, -0.25) is 0 Å². The third-order valence-corrected chi connectivity index (χ3v) is 2.29. The summed E-state index contributed by atoms with van der Waals surface area (Å²) in [5.74, 6) is -2.80. The number of fused-ring (bicyclic) bond motifs is 1. The Bertz CT molecular complexity index is 462. The van der Waals surface area contributed by atoms with Gasteiger partial charge in [0.25, 0.3) is 0 Å². The molecule has 2 rings (SSSR count). The lowest BCUT2D eigenvalue weighted by atomic mass is 10.0. The number of carboxylic acid groups (broad SMARTS) is 1. The van der Waals surface area contributed by atoms with E-state index in [1.54, 1.807) is 18.2 Å². The molecule has 0 saturated heterocycles. The highest BCUT2D eigenvalue weighted by atomic mass is 16.6. The Morgan fingerprint density at radius 1 is 1.39 bits per heavy atom. The molecule has 0 fully saturated rings. The summed E-state index contributed by atoms with van der Waals surface area (Å²) in [6.45, 7) is 3.75. The van der Waals surface area contributed by atoms with Gasteiger partial charge in [-0.15, -0.1) is 0 Å². The van der Waals surface area contributed by atoms with Crippen LogP contribution in [0.15, 0.2) is 24.3 Å². The van der Waals surface area contributed by atoms with Crippen molar-refractivity contribution in [2.75, 3.05) is 6.61 Å². The molecule has 0 saturated carbocycles. The summed E-state index contributed by atoms with van der Waals surface area (Å²) in [5, 5.41) is 27.8. The highest BCUT2D eigenvalue weighted by Gasteiger charge is 2.38. The minimum atomic E-state index is -2.06. The van der Waals surface area contributed by atoms with Crippen LogP contribution in [0.25, 0.3) is 6.08 Å². The van der Waals surface area contributed by atoms with E-state index in [0.29, 0.717) is 11.3 Å². The molecular formula is C13H16O5. The highest BCUT2D eigenvalue weighted by molar-refractivity contribution is 5.85. The highest BCUT2D eigenvalue weighted by Crippen LogP contribution is 2.38. The second-order valence-corrected chi connectivity index (χ2v) is 3.50. The molecule has 1 aromatic rings. The quantitative estimate of drug-likeness (QED) is 0.546. The number of carboxylic acids is 1. The molecule has 0 atom stereocenters. The predicted molar refractivity (Wildman–Crippen MR) is 66.1 cm³/mol. The summed E-state index contributed by atoms with van der Waals surface area (Å²) in [7, 11) is 0. The minimum absolute atomic E-state index is 0.201. The standard InChI is InChI=1S/C11H10O5.C2H6/c12-9(13)5-4-7-2-1-3-8-10(7)11(14,15)6-16-8;1-2/h1-5,14-15H,6H2,(H,12,13);1-2H3/b5-4+;. The lowest BCUT2D eigenvalue weighted by molar-refractivity contribution is -0.174. The summed E-state index contributed by atoms with van der Waals surface area (Å²) in [6.07, 6.45) is 2.24. The van der Waals surface area contributed by atoms with Crippen LogP contribution in [0, 0.1) is 0 Å². The first kappa shape index (κ1) is 14.2. The summed E-state index contributed by atoms with van der Waals surface area (Å²) in [6, 6.07) is 4.84. The Labute approximate surface area is 105 Å². The van der Waals surface area contributed by atoms with Crippen molar-refractivity contribution in [3.63, 3.8) is 0 Å². The largest absolute Gasteiger partial charge is 0.487 e. The monoisotopic (exact) mass is 252 g/mol. The van der Waals surface area contributed by atoms with E-state index in [0.717, 1.165) is 6.08 Å². The van der Waals surface area contributed by atoms with Crippen LogP contribution in [0.2, 0.25) is 0 Å². The molecule has 0 amide bonds. The number of carbonyl (C=O) groups is 1. The summed E-state index contributed by atoms with van der Waals surface area (Å²) < 4.78 is 5.08. The molecule has 0 aliphatic carbocycles. The van der Waals surface area contributed by atoms with Crippen molar-refractivity contribution in [1.29, 1.82) is 0 Å². The maximum atomic E-state index is 10.4. The van der Waals surface area contributed by atoms with Crippen LogP contribution in [-0.4, -0.2) is 27.9 Å². The average Bonchev–Trinajstić information content (AvgIpc) is 2.66. The third kappa shape index (κ3) is 2.88. The molecule has 1 aliphatic heterocycles. The molecule has 1 aliphatic rings. The molecule has 0 bridgehead atoms. The molecule has 1 aromatic carbocycles. The van der Waals surface area contributed by atoms with Gasteiger partial charge in [-0.2, -0.15) is 0 Å². The van der Waals surface area contributed by atoms with Gasteiger partial charge < -0.3 is 20.1 Å². The Kier molecular flexibility index (Phi) is 4.47. The van der Waals surface area contributed by atoms with E-state index in [-0.39, 0.29) is 12.2 Å². The Hall–Kier alpha value is -1.85. The maximum absolute atomic E-state index is 10.4. The molecule has 0 spiro atoms. The summed E-state index contributed by atoms with van der Waals surface area (Å²) in [4.78, 5) is 10.4. The van der Waals surface area contributed by atoms with Gasteiger partial charge in [0.15, 0.2) is 0 Å². The number of aliphatic carboxylic acids is 1. The van der Waals surface area contributed by atoms with Crippen molar-refractivity contribution in [3.8, 4) is 5.75 Å². The summed E-state index contributed by atoms with van der Waals surface area (Å²) >= 11 is 0. The van der Waals surface area contributed by atoms with Crippen LogP contribution >= 0.6 is 0 Å². The molecule has 5 heteroatoms. The zero-order valence-electron chi connectivity index (χ0n) is 10.3. The van der Waals surface area contributed by atoms with Crippen molar-refractivity contribution < 1.29 is 24.9 Å². The Morgan fingerprint density at radius 2 is 2.06 bits per heavy atom. The van der Waals surface area contributed by atoms with Crippen LogP contribution in [0.4, 0.5) is 0 Å². The van der Waals surface area contributed by atoms with Crippen LogP contribution in [0.3, 0.4) is 0 Å². The SMILES string of the molecule is CC.O=C(O)/C=C/c1cccc2c1C(O)(O)CO2. The van der Waals surface area contributed by atoms with E-state index < -0.39 is 11.8 Å². The van der Waals surface area contributed by atoms with Crippen LogP contribution in [-0.2, 0) is 10.6 Å². The van der Waals surface area contributed by atoms with E-state index in [1.165, 1.54) is 6.08 Å². The van der Waals surface area contributed by atoms with Crippen LogP contribution < -0.4 is 4.74 Å². The van der Waals surface area contributed by atoms with Gasteiger partial charge in [0.1, 0.15) is 12.4 Å². The molecule has 0 radical (unpaired) electrons. The molecule has 18 heavy (non-hydrogen) atoms. The lowest BCUT2D eigenvalue weighted by Crippen LogP contribution is -2.27. The van der Waals surface area contributed by atoms with Gasteiger partial charge in [0.2, 0.25) is 5.79 Å². The van der Waals surface area contributed by atoms with Crippen LogP contribution in [0.1, 0.15) is 25.0 Å². The van der Waals surface area contributed by atoms with Gasteiger partial charge in [-0.25, -0.2) is 4.79 Å². The van der Waals surface area contributed by atoms with Crippen molar-refractivity contribution in [2.45, 2.75) is 19.6 Å². The number of benzene rings is 1. The van der Waals surface area contributed by atoms with Gasteiger partial charge in [-0.05, 0) is 17.7 Å². The van der Waals surface area contributed by atoms with Gasteiger partial charge in [0, 0.05) is 6.08 Å². The van der Waals surface area contributed by atoms with E-state index in [1.807, 2.05) is 13.8 Å². The zero-order chi connectivity index (χ0) is 13.8. The van der Waals surface area contributed by atoms with Crippen molar-refractivity contribution >= 4 is 12.0 Å². The topological polar surface area (TPSA) is 87.0 Å². The van der Waals surface area contributed by atoms with E-state index >= 15 is 0 Å². The maximum Gasteiger partial charge on any atom is 0.328 e. The lowest BCUT2D eigenvalue weighted by Gasteiger charge is -2.14. The number of ether oxygens (including phenoxy) is 1. The Balaban J connectivity index is 0.000000771. The van der Waals surface area contributed by atoms with Crippen molar-refractivity contribution in [1.82, 2.24) is 0 Å². The first-order chi connectivity index (χ1) is 8.50. The Morgan fingerprint density at radius 3 is 2.67 bits per heavy atom. The molecular weight excluding hydrogens is 236 g/mol. The average molecular weight is 252 g/mol. The second kappa shape index (κ2) is 5.66. The third-order valence-electron chi connectivity index (χ3n) is 2.29. The first-order valence-corrected chi connectivity index (χ1v) is 5.63. The molecule has 0 aromatic heterocycles. The molecule has 5 nitrogen and oxygen atoms in total. The second-order valence-electron chi connectivity index (χ2n) is 3.50. The summed E-state index contributed by atoms with van der Waals surface area (Å²) in [5.41, 5.74) is 0.620. The minimum Gasteiger partial charge on any atom is -0.487 e. The molecule has 3 N–H and O–H groups in total. The van der Waals surface area contributed by atoms with Gasteiger partial charge >= 0.3 is 5.97 Å². The van der Waals surface area contributed by atoms with Crippen molar-refractivity contribution in [2.24, 2.45) is 0 Å². The molecule has 1 heterocycles. The fraction of sp³-hybridized carbons (Fsp3) is 0.308. The fourth-order valence-corrected chi connectivity index (χ4v) is 1.65. The zero-order valence-corrected chi connectivity index (χ0v) is 10.3. The smallest absolute Gasteiger partial charge is 0.328 e. The predicted octanol–water partition coefficient (Wildman–Crippen LogP) is 1.34. The number of hydrogen-bond donors (Lipinski definition) is 3. The van der Waals surface area contributed by atoms with Gasteiger partial charge in [0.05, 0.1) is 5.56 Å². The normalized spacial score (nSPS) is 15.6. The number of hydrogen-bond acceptors (Lipinski definition) is 4. The van der Waals surface area contributed by atoms with E-state index in [9.17, 15) is 15.0 Å². The van der Waals surface area contributed by atoms with E-state index in [4.69, 9.17) is 9.84 Å². The number of rotatable bonds is 2. The first-order valence-electron chi connectivity index (χ1n) is 5.63. The van der Waals surface area contributed by atoms with Crippen molar-refractivity contribution in [3.05, 3.63) is 35.4 Å².